The van der Waals surface area contributed by atoms with Crippen molar-refractivity contribution in [2.45, 2.75) is 52.0 Å². The molecule has 1 aliphatic heterocycles. The van der Waals surface area contributed by atoms with E-state index < -0.39 is 11.5 Å². The highest BCUT2D eigenvalue weighted by Gasteiger charge is 2.48. The summed E-state index contributed by atoms with van der Waals surface area (Å²) in [6.45, 7) is 8.31. The van der Waals surface area contributed by atoms with Crippen molar-refractivity contribution in [3.05, 3.63) is 0 Å². The van der Waals surface area contributed by atoms with E-state index in [1.54, 1.807) is 0 Å². The molecule has 1 atom stereocenters. The maximum Gasteiger partial charge on any atom is 0.251 e. The standard InChI is InChI=1S/C10H19F2N.ClH/c1-8(2,3)9(4)7-10(11,12)5-6-13-9;/h13H,5-7H2,1-4H3;1H. The predicted octanol–water partition coefficient (Wildman–Crippen LogP) is 3.23. The van der Waals surface area contributed by atoms with Gasteiger partial charge in [-0.25, -0.2) is 8.78 Å². The van der Waals surface area contributed by atoms with Crippen molar-refractivity contribution in [2.24, 2.45) is 5.41 Å². The molecule has 0 aromatic heterocycles. The first-order chi connectivity index (χ1) is 5.66. The summed E-state index contributed by atoms with van der Waals surface area (Å²) in [5.74, 6) is -2.49. The van der Waals surface area contributed by atoms with E-state index >= 15 is 0 Å². The number of hydrogen-bond donors (Lipinski definition) is 1. The summed E-state index contributed by atoms with van der Waals surface area (Å²) in [5, 5.41) is 3.21. The third kappa shape index (κ3) is 2.80. The zero-order chi connectivity index (χ0) is 10.3. The molecule has 0 bridgehead atoms. The van der Waals surface area contributed by atoms with E-state index in [-0.39, 0.29) is 30.7 Å². The van der Waals surface area contributed by atoms with Crippen molar-refractivity contribution >= 4 is 12.4 Å². The molecular formula is C10H20ClF2N. The van der Waals surface area contributed by atoms with Crippen molar-refractivity contribution in [1.29, 1.82) is 0 Å². The normalized spacial score (nSPS) is 32.1. The van der Waals surface area contributed by atoms with E-state index in [4.69, 9.17) is 0 Å². The third-order valence-electron chi connectivity index (χ3n) is 3.27. The smallest absolute Gasteiger partial charge is 0.251 e. The first kappa shape index (κ1) is 14.1. The van der Waals surface area contributed by atoms with E-state index in [2.05, 4.69) is 5.32 Å². The average molecular weight is 228 g/mol. The maximum absolute atomic E-state index is 13.2. The fraction of sp³-hybridized carbons (Fsp3) is 1.00. The van der Waals surface area contributed by atoms with Gasteiger partial charge in [0.05, 0.1) is 0 Å². The number of alkyl halides is 2. The Morgan fingerprint density at radius 2 is 1.71 bits per heavy atom. The molecule has 1 rings (SSSR count). The largest absolute Gasteiger partial charge is 0.311 e. The third-order valence-corrected chi connectivity index (χ3v) is 3.27. The Hall–Kier alpha value is 0.110. The number of rotatable bonds is 0. The van der Waals surface area contributed by atoms with Crippen LogP contribution in [0.15, 0.2) is 0 Å². The zero-order valence-electron chi connectivity index (χ0n) is 9.29. The van der Waals surface area contributed by atoms with Crippen LogP contribution in [0.1, 0.15) is 40.5 Å². The predicted molar refractivity (Wildman–Crippen MR) is 57.3 cm³/mol. The van der Waals surface area contributed by atoms with Gasteiger partial charge < -0.3 is 5.32 Å². The van der Waals surface area contributed by atoms with Crippen LogP contribution in [-0.2, 0) is 0 Å². The molecule has 0 aromatic carbocycles. The molecule has 0 spiro atoms. The second kappa shape index (κ2) is 3.93. The summed E-state index contributed by atoms with van der Waals surface area (Å²) < 4.78 is 26.4. The van der Waals surface area contributed by atoms with Crippen LogP contribution in [0.5, 0.6) is 0 Å². The molecule has 14 heavy (non-hydrogen) atoms. The van der Waals surface area contributed by atoms with Crippen LogP contribution in [0, 0.1) is 5.41 Å². The molecule has 4 heteroatoms. The zero-order valence-corrected chi connectivity index (χ0v) is 10.1. The van der Waals surface area contributed by atoms with Gasteiger partial charge in [0, 0.05) is 24.9 Å². The van der Waals surface area contributed by atoms with Crippen LogP contribution in [-0.4, -0.2) is 18.0 Å². The highest BCUT2D eigenvalue weighted by Crippen LogP contribution is 2.42. The number of piperidine rings is 1. The molecule has 1 saturated heterocycles. The first-order valence-corrected chi connectivity index (χ1v) is 4.79. The fourth-order valence-corrected chi connectivity index (χ4v) is 1.72. The van der Waals surface area contributed by atoms with Crippen molar-refractivity contribution in [2.75, 3.05) is 6.54 Å². The van der Waals surface area contributed by atoms with Gasteiger partial charge in [-0.2, -0.15) is 0 Å². The summed E-state index contributed by atoms with van der Waals surface area (Å²) in [6, 6.07) is 0. The van der Waals surface area contributed by atoms with Crippen molar-refractivity contribution in [3.8, 4) is 0 Å². The average Bonchev–Trinajstić information content (AvgIpc) is 1.80. The summed E-state index contributed by atoms with van der Waals surface area (Å²) in [5.41, 5.74) is -0.578. The van der Waals surface area contributed by atoms with Crippen LogP contribution in [0.25, 0.3) is 0 Å². The SMILES string of the molecule is CC(C)(C)C1(C)CC(F)(F)CCN1.Cl. The molecule has 0 saturated carbocycles. The van der Waals surface area contributed by atoms with Gasteiger partial charge in [-0.1, -0.05) is 20.8 Å². The van der Waals surface area contributed by atoms with Crippen LogP contribution >= 0.6 is 12.4 Å². The molecule has 1 N–H and O–H groups in total. The lowest BCUT2D eigenvalue weighted by molar-refractivity contribution is -0.0827. The summed E-state index contributed by atoms with van der Waals surface area (Å²) in [4.78, 5) is 0. The lowest BCUT2D eigenvalue weighted by Crippen LogP contribution is -2.59. The second-order valence-electron chi connectivity index (χ2n) is 5.29. The van der Waals surface area contributed by atoms with Gasteiger partial charge >= 0.3 is 0 Å². The molecule has 1 heterocycles. The molecule has 1 fully saturated rings. The number of hydrogen-bond acceptors (Lipinski definition) is 1. The topological polar surface area (TPSA) is 12.0 Å². The quantitative estimate of drug-likeness (QED) is 0.670. The molecular weight excluding hydrogens is 208 g/mol. The van der Waals surface area contributed by atoms with Gasteiger partial charge in [0.25, 0.3) is 5.92 Å². The van der Waals surface area contributed by atoms with E-state index in [0.29, 0.717) is 6.54 Å². The molecule has 0 amide bonds. The van der Waals surface area contributed by atoms with Crippen molar-refractivity contribution < 1.29 is 8.78 Å². The Labute approximate surface area is 91.1 Å². The Morgan fingerprint density at radius 3 is 2.00 bits per heavy atom. The summed E-state index contributed by atoms with van der Waals surface area (Å²) >= 11 is 0. The summed E-state index contributed by atoms with van der Waals surface area (Å²) in [7, 11) is 0. The lowest BCUT2D eigenvalue weighted by Gasteiger charge is -2.48. The van der Waals surface area contributed by atoms with Gasteiger partial charge in [-0.15, -0.1) is 12.4 Å². The van der Waals surface area contributed by atoms with Crippen molar-refractivity contribution in [3.63, 3.8) is 0 Å². The maximum atomic E-state index is 13.2. The van der Waals surface area contributed by atoms with Gasteiger partial charge in [-0.3, -0.25) is 0 Å². The van der Waals surface area contributed by atoms with Gasteiger partial charge in [0.15, 0.2) is 0 Å². The molecule has 0 radical (unpaired) electrons. The van der Waals surface area contributed by atoms with Crippen LogP contribution in [0.4, 0.5) is 8.78 Å². The van der Waals surface area contributed by atoms with Gasteiger partial charge in [0.1, 0.15) is 0 Å². The molecule has 0 aliphatic carbocycles. The fourth-order valence-electron chi connectivity index (χ4n) is 1.72. The van der Waals surface area contributed by atoms with E-state index in [9.17, 15) is 8.78 Å². The Kier molecular flexibility index (Phi) is 3.96. The van der Waals surface area contributed by atoms with E-state index in [1.165, 1.54) is 0 Å². The van der Waals surface area contributed by atoms with Crippen LogP contribution in [0.2, 0.25) is 0 Å². The van der Waals surface area contributed by atoms with Gasteiger partial charge in [-0.05, 0) is 12.3 Å². The lowest BCUT2D eigenvalue weighted by atomic mass is 9.69. The summed E-state index contributed by atoms with van der Waals surface area (Å²) in [6.07, 6.45) is -0.0812. The Bertz CT molecular complexity index is 201. The monoisotopic (exact) mass is 227 g/mol. The van der Waals surface area contributed by atoms with Crippen LogP contribution < -0.4 is 5.32 Å². The molecule has 1 nitrogen and oxygen atoms in total. The molecule has 86 valence electrons. The number of halogens is 3. The minimum atomic E-state index is -2.49. The highest BCUT2D eigenvalue weighted by molar-refractivity contribution is 5.85. The Morgan fingerprint density at radius 1 is 1.21 bits per heavy atom. The second-order valence-corrected chi connectivity index (χ2v) is 5.29. The minimum absolute atomic E-state index is 0. The van der Waals surface area contributed by atoms with Crippen molar-refractivity contribution in [1.82, 2.24) is 5.32 Å². The van der Waals surface area contributed by atoms with E-state index in [1.807, 2.05) is 27.7 Å². The number of nitrogens with one attached hydrogen (secondary N) is 1. The van der Waals surface area contributed by atoms with Gasteiger partial charge in [0.2, 0.25) is 0 Å². The minimum Gasteiger partial charge on any atom is -0.311 e. The highest BCUT2D eigenvalue weighted by atomic mass is 35.5. The molecule has 1 aliphatic rings. The first-order valence-electron chi connectivity index (χ1n) is 4.79. The molecule has 1 unspecified atom stereocenters. The van der Waals surface area contributed by atoms with Crippen LogP contribution in [0.3, 0.4) is 0 Å². The van der Waals surface area contributed by atoms with E-state index in [0.717, 1.165) is 0 Å². The molecule has 0 aromatic rings. The Balaban J connectivity index is 0.00000169.